The molecular weight excluding hydrogens is 230 g/mol. The highest BCUT2D eigenvalue weighted by Crippen LogP contribution is 2.32. The van der Waals surface area contributed by atoms with E-state index < -0.39 is 6.04 Å². The molecule has 0 bridgehead atoms. The second-order valence-electron chi connectivity index (χ2n) is 4.55. The lowest BCUT2D eigenvalue weighted by molar-refractivity contribution is -0.141. The number of allylic oxidation sites excluding steroid dienone is 1. The average Bonchev–Trinajstić information content (AvgIpc) is 2.94. The number of nitrogens with one attached hydrogen (secondary N) is 1. The summed E-state index contributed by atoms with van der Waals surface area (Å²) in [5.41, 5.74) is 0.555. The average molecular weight is 243 g/mol. The number of carbonyl (C=O) groups is 2. The van der Waals surface area contributed by atoms with Gasteiger partial charge in [-0.2, -0.15) is 0 Å². The fourth-order valence-electron chi connectivity index (χ4n) is 2.46. The van der Waals surface area contributed by atoms with E-state index >= 15 is 0 Å². The summed E-state index contributed by atoms with van der Waals surface area (Å²) in [4.78, 5) is 23.7. The van der Waals surface area contributed by atoms with Gasteiger partial charge in [0.15, 0.2) is 0 Å². The summed E-state index contributed by atoms with van der Waals surface area (Å²) in [6.45, 7) is 0. The maximum absolute atomic E-state index is 12.0. The first-order valence-corrected chi connectivity index (χ1v) is 5.99. The van der Waals surface area contributed by atoms with Crippen molar-refractivity contribution in [3.63, 3.8) is 0 Å². The lowest BCUT2D eigenvalue weighted by Crippen LogP contribution is -2.42. The van der Waals surface area contributed by atoms with Crippen LogP contribution in [0, 0.1) is 5.92 Å². The van der Waals surface area contributed by atoms with Crippen LogP contribution in [0.2, 0.25) is 0 Å². The Morgan fingerprint density at radius 2 is 2.06 bits per heavy atom. The highest BCUT2D eigenvalue weighted by atomic mass is 16.6. The van der Waals surface area contributed by atoms with Crippen LogP contribution in [0.3, 0.4) is 0 Å². The first-order valence-electron chi connectivity index (χ1n) is 5.99. The molecule has 0 spiro atoms. The molecule has 3 rings (SSSR count). The van der Waals surface area contributed by atoms with Crippen molar-refractivity contribution in [3.8, 4) is 0 Å². The van der Waals surface area contributed by atoms with Gasteiger partial charge in [-0.3, -0.25) is 4.79 Å². The Hall–Kier alpha value is -2.10. The third-order valence-corrected chi connectivity index (χ3v) is 3.41. The second-order valence-corrected chi connectivity index (χ2v) is 4.55. The molecule has 1 fully saturated rings. The number of benzene rings is 1. The van der Waals surface area contributed by atoms with Crippen LogP contribution in [0.25, 0.3) is 0 Å². The van der Waals surface area contributed by atoms with Crippen molar-refractivity contribution >= 4 is 11.9 Å². The third-order valence-electron chi connectivity index (χ3n) is 3.41. The monoisotopic (exact) mass is 243 g/mol. The maximum Gasteiger partial charge on any atom is 0.329 e. The van der Waals surface area contributed by atoms with Gasteiger partial charge in [-0.05, 0) is 24.6 Å². The second kappa shape index (κ2) is 4.29. The Balaban J connectivity index is 1.73. The number of rotatable bonds is 2. The van der Waals surface area contributed by atoms with Gasteiger partial charge in [-0.1, -0.05) is 24.3 Å². The van der Waals surface area contributed by atoms with Gasteiger partial charge in [-0.15, -0.1) is 0 Å². The molecule has 1 heterocycles. The van der Waals surface area contributed by atoms with E-state index in [1.165, 1.54) is 0 Å². The molecule has 92 valence electrons. The number of fused-ring (bicyclic) bond motifs is 1. The smallest absolute Gasteiger partial charge is 0.329 e. The Morgan fingerprint density at radius 3 is 2.83 bits per heavy atom. The molecular formula is C14H13NO3. The number of esters is 1. The summed E-state index contributed by atoms with van der Waals surface area (Å²) >= 11 is 0. The maximum atomic E-state index is 12.0. The van der Waals surface area contributed by atoms with Crippen LogP contribution in [-0.2, 0) is 9.53 Å². The summed E-state index contributed by atoms with van der Waals surface area (Å²) in [5, 5.41) is 2.76. The highest BCUT2D eigenvalue weighted by molar-refractivity contribution is 5.97. The molecule has 1 N–H and O–H groups in total. The molecule has 1 aromatic rings. The first-order chi connectivity index (χ1) is 8.75. The van der Waals surface area contributed by atoms with E-state index in [0.717, 1.165) is 6.42 Å². The summed E-state index contributed by atoms with van der Waals surface area (Å²) in [7, 11) is 0. The van der Waals surface area contributed by atoms with Crippen molar-refractivity contribution in [2.24, 2.45) is 5.92 Å². The van der Waals surface area contributed by atoms with Crippen LogP contribution in [-0.4, -0.2) is 24.0 Å². The van der Waals surface area contributed by atoms with E-state index in [0.29, 0.717) is 5.56 Å². The Bertz CT molecular complexity index is 509. The van der Waals surface area contributed by atoms with Crippen LogP contribution in [0.4, 0.5) is 0 Å². The number of hydrogen-bond acceptors (Lipinski definition) is 3. The number of ether oxygens (including phenoxy) is 1. The van der Waals surface area contributed by atoms with Gasteiger partial charge in [0.2, 0.25) is 0 Å². The van der Waals surface area contributed by atoms with Crippen molar-refractivity contribution in [2.45, 2.75) is 18.6 Å². The molecule has 1 aromatic carbocycles. The molecule has 1 amide bonds. The van der Waals surface area contributed by atoms with Gasteiger partial charge in [0.05, 0.1) is 0 Å². The quantitative estimate of drug-likeness (QED) is 0.629. The Morgan fingerprint density at radius 1 is 1.28 bits per heavy atom. The lowest BCUT2D eigenvalue weighted by atomic mass is 9.98. The number of hydrogen-bond donors (Lipinski definition) is 1. The molecule has 0 unspecified atom stereocenters. The fraction of sp³-hybridized carbons (Fsp3) is 0.286. The summed E-state index contributed by atoms with van der Waals surface area (Å²) in [5.74, 6) is -0.520. The van der Waals surface area contributed by atoms with Crippen LogP contribution >= 0.6 is 0 Å². The van der Waals surface area contributed by atoms with Crippen LogP contribution in [0.5, 0.6) is 0 Å². The molecule has 18 heavy (non-hydrogen) atoms. The third kappa shape index (κ3) is 1.79. The SMILES string of the molecule is O=C(N[C@@H]1C(=O)O[C@H]2C=CC[C@H]21)c1ccccc1. The van der Waals surface area contributed by atoms with Gasteiger partial charge >= 0.3 is 5.97 Å². The van der Waals surface area contributed by atoms with Crippen molar-refractivity contribution < 1.29 is 14.3 Å². The van der Waals surface area contributed by atoms with Crippen molar-refractivity contribution in [2.75, 3.05) is 0 Å². The minimum Gasteiger partial charge on any atom is -0.456 e. The summed E-state index contributed by atoms with van der Waals surface area (Å²) in [6, 6.07) is 8.35. The van der Waals surface area contributed by atoms with Crippen molar-refractivity contribution in [1.82, 2.24) is 5.32 Å². The fourth-order valence-corrected chi connectivity index (χ4v) is 2.46. The zero-order chi connectivity index (χ0) is 12.5. The Labute approximate surface area is 105 Å². The van der Waals surface area contributed by atoms with E-state index in [9.17, 15) is 9.59 Å². The molecule has 0 aromatic heterocycles. The molecule has 1 saturated heterocycles. The highest BCUT2D eigenvalue weighted by Gasteiger charge is 2.45. The van der Waals surface area contributed by atoms with Crippen LogP contribution in [0.15, 0.2) is 42.5 Å². The van der Waals surface area contributed by atoms with Crippen molar-refractivity contribution in [3.05, 3.63) is 48.0 Å². The molecule has 2 aliphatic rings. The predicted molar refractivity (Wildman–Crippen MR) is 64.8 cm³/mol. The Kier molecular flexibility index (Phi) is 2.63. The van der Waals surface area contributed by atoms with Crippen LogP contribution in [0.1, 0.15) is 16.8 Å². The lowest BCUT2D eigenvalue weighted by Gasteiger charge is -2.15. The van der Waals surface area contributed by atoms with Gasteiger partial charge < -0.3 is 10.1 Å². The van der Waals surface area contributed by atoms with Crippen molar-refractivity contribution in [1.29, 1.82) is 0 Å². The van der Waals surface area contributed by atoms with E-state index in [1.54, 1.807) is 24.3 Å². The zero-order valence-corrected chi connectivity index (χ0v) is 9.71. The van der Waals surface area contributed by atoms with E-state index in [4.69, 9.17) is 4.74 Å². The number of carbonyl (C=O) groups excluding carboxylic acids is 2. The minimum absolute atomic E-state index is 0.0464. The normalized spacial score (nSPS) is 28.9. The summed E-state index contributed by atoms with van der Waals surface area (Å²) < 4.78 is 5.19. The number of amides is 1. The van der Waals surface area contributed by atoms with Crippen LogP contribution < -0.4 is 5.32 Å². The predicted octanol–water partition coefficient (Wildman–Crippen LogP) is 1.29. The molecule has 1 aliphatic heterocycles. The molecule has 0 radical (unpaired) electrons. The van der Waals surface area contributed by atoms with Gasteiger partial charge in [0.1, 0.15) is 12.1 Å². The summed E-state index contributed by atoms with van der Waals surface area (Å²) in [6.07, 6.45) is 4.48. The van der Waals surface area contributed by atoms with Gasteiger partial charge in [-0.25, -0.2) is 4.79 Å². The topological polar surface area (TPSA) is 55.4 Å². The van der Waals surface area contributed by atoms with Gasteiger partial charge in [0, 0.05) is 11.5 Å². The van der Waals surface area contributed by atoms with E-state index in [1.807, 2.05) is 18.2 Å². The minimum atomic E-state index is -0.530. The van der Waals surface area contributed by atoms with E-state index in [-0.39, 0.29) is 23.9 Å². The van der Waals surface area contributed by atoms with E-state index in [2.05, 4.69) is 5.32 Å². The molecule has 0 saturated carbocycles. The molecule has 1 aliphatic carbocycles. The standard InChI is InChI=1S/C14H13NO3/c16-13(9-5-2-1-3-6-9)15-12-10-7-4-8-11(10)18-14(12)17/h1-6,8,10-12H,7H2,(H,15,16)/t10-,11+,12+/m1/s1. The molecule has 3 atom stereocenters. The first kappa shape index (κ1) is 11.0. The van der Waals surface area contributed by atoms with Gasteiger partial charge in [0.25, 0.3) is 5.91 Å². The zero-order valence-electron chi connectivity index (χ0n) is 9.71. The molecule has 4 nitrogen and oxygen atoms in total. The molecule has 4 heteroatoms. The largest absolute Gasteiger partial charge is 0.456 e.